The van der Waals surface area contributed by atoms with Crippen LogP contribution in [-0.2, 0) is 4.74 Å². The first-order valence-electron chi connectivity index (χ1n) is 5.20. The highest BCUT2D eigenvalue weighted by Gasteiger charge is 2.13. The van der Waals surface area contributed by atoms with Gasteiger partial charge in [0.25, 0.3) is 0 Å². The Bertz CT molecular complexity index is 577. The number of aliphatic imine (C=N–C) groups is 1. The molecule has 3 heteroatoms. The number of nitrogens with zero attached hydrogens (tertiary/aromatic N) is 1. The second-order valence-electron chi connectivity index (χ2n) is 3.71. The van der Waals surface area contributed by atoms with E-state index in [2.05, 4.69) is 45.2 Å². The third kappa shape index (κ3) is 1.61. The molecule has 80 valence electrons. The second kappa shape index (κ2) is 3.91. The van der Waals surface area contributed by atoms with Gasteiger partial charge in [0.15, 0.2) is 0 Å². The van der Waals surface area contributed by atoms with E-state index in [0.717, 1.165) is 22.5 Å². The summed E-state index contributed by atoms with van der Waals surface area (Å²) in [5.74, 6) is 0.767. The second-order valence-corrected chi connectivity index (χ2v) is 4.62. The van der Waals surface area contributed by atoms with Crippen LogP contribution in [0.5, 0.6) is 0 Å². The Balaban J connectivity index is 2.27. The van der Waals surface area contributed by atoms with E-state index in [0.29, 0.717) is 6.61 Å². The largest absolute Gasteiger partial charge is 0.475 e. The monoisotopic (exact) mass is 275 g/mol. The van der Waals surface area contributed by atoms with Crippen molar-refractivity contribution in [1.82, 2.24) is 0 Å². The Morgan fingerprint density at radius 1 is 1.19 bits per heavy atom. The van der Waals surface area contributed by atoms with Gasteiger partial charge in [0.2, 0.25) is 5.90 Å². The van der Waals surface area contributed by atoms with Crippen molar-refractivity contribution in [2.75, 3.05) is 13.2 Å². The molecular weight excluding hydrogens is 266 g/mol. The van der Waals surface area contributed by atoms with Gasteiger partial charge in [-0.25, -0.2) is 4.99 Å². The summed E-state index contributed by atoms with van der Waals surface area (Å²) in [6.07, 6.45) is 0. The quantitative estimate of drug-likeness (QED) is 0.782. The van der Waals surface area contributed by atoms with Crippen molar-refractivity contribution in [1.29, 1.82) is 0 Å². The summed E-state index contributed by atoms with van der Waals surface area (Å²) in [5.41, 5.74) is 1.08. The maximum Gasteiger partial charge on any atom is 0.216 e. The number of ether oxygens (including phenoxy) is 1. The van der Waals surface area contributed by atoms with E-state index >= 15 is 0 Å². The lowest BCUT2D eigenvalue weighted by molar-refractivity contribution is 0.348. The SMILES string of the molecule is Brc1ccc2cccc(C3=NCCO3)c2c1. The van der Waals surface area contributed by atoms with Crippen molar-refractivity contribution in [3.63, 3.8) is 0 Å². The Labute approximate surface area is 102 Å². The van der Waals surface area contributed by atoms with Crippen LogP contribution in [0.1, 0.15) is 5.56 Å². The lowest BCUT2D eigenvalue weighted by atomic mass is 10.0. The lowest BCUT2D eigenvalue weighted by Crippen LogP contribution is -2.01. The average Bonchev–Trinajstić information content (AvgIpc) is 2.81. The van der Waals surface area contributed by atoms with Crippen molar-refractivity contribution in [2.24, 2.45) is 4.99 Å². The molecule has 0 unspecified atom stereocenters. The van der Waals surface area contributed by atoms with E-state index in [1.165, 1.54) is 10.8 Å². The van der Waals surface area contributed by atoms with Crippen molar-refractivity contribution in [3.05, 3.63) is 46.4 Å². The Hall–Kier alpha value is -1.35. The van der Waals surface area contributed by atoms with Gasteiger partial charge in [-0.2, -0.15) is 0 Å². The molecule has 0 fully saturated rings. The molecule has 0 atom stereocenters. The predicted octanol–water partition coefficient (Wildman–Crippen LogP) is 3.38. The van der Waals surface area contributed by atoms with E-state index in [9.17, 15) is 0 Å². The van der Waals surface area contributed by atoms with Gasteiger partial charge in [0, 0.05) is 10.0 Å². The lowest BCUT2D eigenvalue weighted by Gasteiger charge is -2.06. The highest BCUT2D eigenvalue weighted by molar-refractivity contribution is 9.10. The highest BCUT2D eigenvalue weighted by Crippen LogP contribution is 2.24. The number of halogens is 1. The minimum Gasteiger partial charge on any atom is -0.475 e. The van der Waals surface area contributed by atoms with Gasteiger partial charge in [0.05, 0.1) is 6.54 Å². The van der Waals surface area contributed by atoms with Crippen molar-refractivity contribution in [3.8, 4) is 0 Å². The minimum atomic E-state index is 0.694. The molecule has 0 amide bonds. The third-order valence-electron chi connectivity index (χ3n) is 2.66. The summed E-state index contributed by atoms with van der Waals surface area (Å²) in [4.78, 5) is 4.36. The third-order valence-corrected chi connectivity index (χ3v) is 3.15. The van der Waals surface area contributed by atoms with Gasteiger partial charge >= 0.3 is 0 Å². The molecule has 1 aliphatic rings. The van der Waals surface area contributed by atoms with Crippen molar-refractivity contribution in [2.45, 2.75) is 0 Å². The maximum atomic E-state index is 5.52. The van der Waals surface area contributed by atoms with Crippen LogP contribution in [0, 0.1) is 0 Å². The molecule has 2 aromatic rings. The maximum absolute atomic E-state index is 5.52. The molecule has 0 aromatic heterocycles. The van der Waals surface area contributed by atoms with Gasteiger partial charge in [-0.1, -0.05) is 34.1 Å². The number of benzene rings is 2. The molecular formula is C13H10BrNO. The van der Waals surface area contributed by atoms with E-state index in [-0.39, 0.29) is 0 Å². The molecule has 0 bridgehead atoms. The van der Waals surface area contributed by atoms with E-state index < -0.39 is 0 Å². The molecule has 16 heavy (non-hydrogen) atoms. The standard InChI is InChI=1S/C13H10BrNO/c14-10-5-4-9-2-1-3-11(12(9)8-10)13-15-6-7-16-13/h1-5,8H,6-7H2. The Morgan fingerprint density at radius 2 is 2.12 bits per heavy atom. The summed E-state index contributed by atoms with van der Waals surface area (Å²) in [6.45, 7) is 1.46. The van der Waals surface area contributed by atoms with Gasteiger partial charge < -0.3 is 4.74 Å². The number of fused-ring (bicyclic) bond motifs is 1. The van der Waals surface area contributed by atoms with Crippen molar-refractivity contribution < 1.29 is 4.74 Å². The Morgan fingerprint density at radius 3 is 2.94 bits per heavy atom. The summed E-state index contributed by atoms with van der Waals surface area (Å²) in [7, 11) is 0. The first-order valence-corrected chi connectivity index (χ1v) is 6.00. The fraction of sp³-hybridized carbons (Fsp3) is 0.154. The zero-order valence-corrected chi connectivity index (χ0v) is 10.2. The van der Waals surface area contributed by atoms with Crippen LogP contribution < -0.4 is 0 Å². The van der Waals surface area contributed by atoms with Crippen LogP contribution in [0.4, 0.5) is 0 Å². The predicted molar refractivity (Wildman–Crippen MR) is 69.0 cm³/mol. The van der Waals surface area contributed by atoms with E-state index in [1.807, 2.05) is 12.1 Å². The zero-order valence-electron chi connectivity index (χ0n) is 8.61. The molecule has 0 aliphatic carbocycles. The molecule has 2 aromatic carbocycles. The Kier molecular flexibility index (Phi) is 2.40. The summed E-state index contributed by atoms with van der Waals surface area (Å²) in [5, 5.41) is 2.39. The molecule has 0 saturated carbocycles. The van der Waals surface area contributed by atoms with E-state index in [1.54, 1.807) is 0 Å². The summed E-state index contributed by atoms with van der Waals surface area (Å²) < 4.78 is 6.60. The van der Waals surface area contributed by atoms with Gasteiger partial charge in [0.1, 0.15) is 6.61 Å². The smallest absolute Gasteiger partial charge is 0.216 e. The molecule has 0 saturated heterocycles. The first-order chi connectivity index (χ1) is 7.84. The van der Waals surface area contributed by atoms with E-state index in [4.69, 9.17) is 4.74 Å². The van der Waals surface area contributed by atoms with Crippen LogP contribution >= 0.6 is 15.9 Å². The van der Waals surface area contributed by atoms with Crippen LogP contribution in [0.15, 0.2) is 45.9 Å². The number of hydrogen-bond acceptors (Lipinski definition) is 2. The van der Waals surface area contributed by atoms with Gasteiger partial charge in [-0.15, -0.1) is 0 Å². The van der Waals surface area contributed by atoms with Gasteiger partial charge in [-0.3, -0.25) is 0 Å². The van der Waals surface area contributed by atoms with Crippen LogP contribution in [0.25, 0.3) is 10.8 Å². The fourth-order valence-corrected chi connectivity index (χ4v) is 2.29. The molecule has 0 N–H and O–H groups in total. The molecule has 1 heterocycles. The number of rotatable bonds is 1. The van der Waals surface area contributed by atoms with Gasteiger partial charge in [-0.05, 0) is 29.0 Å². The minimum absolute atomic E-state index is 0.694. The summed E-state index contributed by atoms with van der Waals surface area (Å²) >= 11 is 3.49. The molecule has 0 spiro atoms. The number of hydrogen-bond donors (Lipinski definition) is 0. The van der Waals surface area contributed by atoms with Crippen molar-refractivity contribution >= 4 is 32.6 Å². The fourth-order valence-electron chi connectivity index (χ4n) is 1.93. The van der Waals surface area contributed by atoms with Crippen LogP contribution in [-0.4, -0.2) is 19.0 Å². The molecule has 1 aliphatic heterocycles. The zero-order chi connectivity index (χ0) is 11.0. The van der Waals surface area contributed by atoms with Crippen LogP contribution in [0.2, 0.25) is 0 Å². The van der Waals surface area contributed by atoms with Crippen LogP contribution in [0.3, 0.4) is 0 Å². The molecule has 3 rings (SSSR count). The highest BCUT2D eigenvalue weighted by atomic mass is 79.9. The topological polar surface area (TPSA) is 21.6 Å². The molecule has 2 nitrogen and oxygen atoms in total. The molecule has 0 radical (unpaired) electrons. The summed E-state index contributed by atoms with van der Waals surface area (Å²) in [6, 6.07) is 12.4. The first kappa shape index (κ1) is 9.85. The normalized spacial score (nSPS) is 14.9. The average molecular weight is 276 g/mol.